The average Bonchev–Trinajstić information content (AvgIpc) is 2.63. The van der Waals surface area contributed by atoms with Crippen molar-refractivity contribution in [1.29, 1.82) is 0 Å². The molecule has 1 aromatic carbocycles. The minimum absolute atomic E-state index is 0.542. The lowest BCUT2D eigenvalue weighted by molar-refractivity contribution is 0.129. The lowest BCUT2D eigenvalue weighted by atomic mass is 10.1. The number of fused-ring (bicyclic) bond motifs is 1. The largest absolute Gasteiger partial charge is 0.361 e. The molecule has 68 valence electrons. The lowest BCUT2D eigenvalue weighted by Gasteiger charge is -2.10. The fourth-order valence-corrected chi connectivity index (χ4v) is 1.45. The van der Waals surface area contributed by atoms with Crippen LogP contribution in [0, 0.1) is 0 Å². The zero-order valence-corrected chi connectivity index (χ0v) is 6.99. The first-order chi connectivity index (χ1) is 6.33. The summed E-state index contributed by atoms with van der Waals surface area (Å²) in [7, 11) is 0. The summed E-state index contributed by atoms with van der Waals surface area (Å²) in [5.41, 5.74) is 9.56. The highest BCUT2D eigenvalue weighted by Crippen LogP contribution is 2.20. The van der Waals surface area contributed by atoms with Crippen molar-refractivity contribution in [2.24, 2.45) is 5.73 Å². The topological polar surface area (TPSA) is 74.1 Å². The summed E-state index contributed by atoms with van der Waals surface area (Å²) in [6.07, 6.45) is 1.30. The van der Waals surface area contributed by atoms with Crippen LogP contribution in [0.25, 0.3) is 10.9 Å². The van der Waals surface area contributed by atoms with Crippen molar-refractivity contribution >= 4 is 10.9 Å². The van der Waals surface area contributed by atoms with E-state index in [0.29, 0.717) is 0 Å². The first-order valence-corrected chi connectivity index (χ1v) is 4.04. The van der Waals surface area contributed by atoms with E-state index in [-0.39, 0.29) is 0 Å². The second-order valence-electron chi connectivity index (χ2n) is 2.89. The van der Waals surface area contributed by atoms with Gasteiger partial charge in [-0.1, -0.05) is 12.1 Å². The van der Waals surface area contributed by atoms with Gasteiger partial charge in [0.05, 0.1) is 0 Å². The number of hydrogen-bond acceptors (Lipinski definition) is 3. The molecule has 1 aromatic heterocycles. The van der Waals surface area contributed by atoms with Gasteiger partial charge in [0.25, 0.3) is 0 Å². The van der Waals surface area contributed by atoms with E-state index in [9.17, 15) is 0 Å². The standard InChI is InChI=1S/C9H11N3O/c10-9(12-13)7-2-1-3-8-6(7)4-5-11-8/h1-5,9,11-13H,10H2/t9-/m0/s1. The predicted octanol–water partition coefficient (Wildman–Crippen LogP) is 1.10. The molecule has 4 nitrogen and oxygen atoms in total. The third-order valence-electron chi connectivity index (χ3n) is 2.10. The van der Waals surface area contributed by atoms with Gasteiger partial charge >= 0.3 is 0 Å². The van der Waals surface area contributed by atoms with Crippen LogP contribution in [0.3, 0.4) is 0 Å². The van der Waals surface area contributed by atoms with Crippen LogP contribution in [0.15, 0.2) is 30.5 Å². The van der Waals surface area contributed by atoms with Gasteiger partial charge in [0.1, 0.15) is 6.17 Å². The van der Waals surface area contributed by atoms with Crippen molar-refractivity contribution in [2.45, 2.75) is 6.17 Å². The lowest BCUT2D eigenvalue weighted by Crippen LogP contribution is -2.25. The monoisotopic (exact) mass is 177 g/mol. The Kier molecular flexibility index (Phi) is 2.02. The smallest absolute Gasteiger partial charge is 0.105 e. The number of hydrogen-bond donors (Lipinski definition) is 4. The molecule has 13 heavy (non-hydrogen) atoms. The molecular weight excluding hydrogens is 166 g/mol. The SMILES string of the molecule is N[C@@H](NO)c1cccc2[nH]ccc12. The number of aromatic amines is 1. The number of hydroxylamine groups is 1. The molecule has 1 heterocycles. The summed E-state index contributed by atoms with van der Waals surface area (Å²) in [5, 5.41) is 9.72. The van der Waals surface area contributed by atoms with Crippen LogP contribution >= 0.6 is 0 Å². The van der Waals surface area contributed by atoms with Gasteiger partial charge in [-0.2, -0.15) is 5.48 Å². The highest BCUT2D eigenvalue weighted by atomic mass is 16.5. The van der Waals surface area contributed by atoms with Crippen LogP contribution in [-0.2, 0) is 0 Å². The molecule has 0 aliphatic rings. The molecule has 0 unspecified atom stereocenters. The molecule has 0 bridgehead atoms. The minimum Gasteiger partial charge on any atom is -0.361 e. The molecule has 0 aliphatic heterocycles. The van der Waals surface area contributed by atoms with Crippen LogP contribution in [0.5, 0.6) is 0 Å². The molecule has 2 aromatic rings. The summed E-state index contributed by atoms with van der Waals surface area (Å²) in [6.45, 7) is 0. The zero-order chi connectivity index (χ0) is 9.26. The maximum Gasteiger partial charge on any atom is 0.105 e. The van der Waals surface area contributed by atoms with Crippen molar-refractivity contribution in [3.05, 3.63) is 36.0 Å². The van der Waals surface area contributed by atoms with E-state index in [1.54, 1.807) is 0 Å². The molecule has 0 saturated carbocycles. The number of aromatic nitrogens is 1. The van der Waals surface area contributed by atoms with E-state index in [0.717, 1.165) is 16.5 Å². The number of benzene rings is 1. The Morgan fingerprint density at radius 2 is 2.23 bits per heavy atom. The van der Waals surface area contributed by atoms with Crippen molar-refractivity contribution < 1.29 is 5.21 Å². The molecule has 0 fully saturated rings. The second-order valence-corrected chi connectivity index (χ2v) is 2.89. The van der Waals surface area contributed by atoms with E-state index in [1.165, 1.54) is 0 Å². The Bertz CT molecular complexity index is 410. The number of H-pyrrole nitrogens is 1. The van der Waals surface area contributed by atoms with E-state index < -0.39 is 6.17 Å². The number of nitrogens with two attached hydrogens (primary N) is 1. The molecule has 0 amide bonds. The highest BCUT2D eigenvalue weighted by molar-refractivity contribution is 5.83. The summed E-state index contributed by atoms with van der Waals surface area (Å²) in [6, 6.07) is 7.67. The molecular formula is C9H11N3O. The van der Waals surface area contributed by atoms with Gasteiger partial charge in [-0.25, -0.2) is 0 Å². The van der Waals surface area contributed by atoms with E-state index in [1.807, 2.05) is 35.9 Å². The Labute approximate surface area is 75.3 Å². The molecule has 1 atom stereocenters. The fourth-order valence-electron chi connectivity index (χ4n) is 1.45. The van der Waals surface area contributed by atoms with Crippen LogP contribution < -0.4 is 11.2 Å². The van der Waals surface area contributed by atoms with Gasteiger partial charge in [0, 0.05) is 17.1 Å². The Morgan fingerprint density at radius 1 is 1.38 bits per heavy atom. The number of nitrogens with one attached hydrogen (secondary N) is 2. The van der Waals surface area contributed by atoms with Gasteiger partial charge < -0.3 is 15.9 Å². The van der Waals surface area contributed by atoms with E-state index >= 15 is 0 Å². The Hall–Kier alpha value is -1.36. The minimum atomic E-state index is -0.542. The van der Waals surface area contributed by atoms with Crippen LogP contribution in [-0.4, -0.2) is 10.2 Å². The van der Waals surface area contributed by atoms with Crippen LogP contribution in [0.4, 0.5) is 0 Å². The van der Waals surface area contributed by atoms with Crippen molar-refractivity contribution in [3.8, 4) is 0 Å². The second kappa shape index (κ2) is 3.18. The van der Waals surface area contributed by atoms with Crippen LogP contribution in [0.1, 0.15) is 11.7 Å². The summed E-state index contributed by atoms with van der Waals surface area (Å²) in [4.78, 5) is 3.07. The third-order valence-corrected chi connectivity index (χ3v) is 2.10. The van der Waals surface area contributed by atoms with E-state index in [4.69, 9.17) is 10.9 Å². The number of rotatable bonds is 2. The maximum atomic E-state index is 8.70. The van der Waals surface area contributed by atoms with E-state index in [2.05, 4.69) is 4.98 Å². The normalized spacial score (nSPS) is 13.4. The quantitative estimate of drug-likeness (QED) is 0.410. The molecule has 4 heteroatoms. The highest BCUT2D eigenvalue weighted by Gasteiger charge is 2.07. The molecule has 0 saturated heterocycles. The molecule has 2 rings (SSSR count). The van der Waals surface area contributed by atoms with Gasteiger partial charge in [-0.15, -0.1) is 0 Å². The molecule has 0 aliphatic carbocycles. The molecule has 5 N–H and O–H groups in total. The molecule has 0 radical (unpaired) electrons. The average molecular weight is 177 g/mol. The summed E-state index contributed by atoms with van der Waals surface area (Å²) in [5.74, 6) is 0. The van der Waals surface area contributed by atoms with Gasteiger partial charge in [-0.3, -0.25) is 0 Å². The molecule has 0 spiro atoms. The van der Waals surface area contributed by atoms with Gasteiger partial charge in [0.15, 0.2) is 0 Å². The first kappa shape index (κ1) is 8.25. The summed E-state index contributed by atoms with van der Waals surface area (Å²) >= 11 is 0. The third kappa shape index (κ3) is 1.31. The summed E-state index contributed by atoms with van der Waals surface area (Å²) < 4.78 is 0. The Balaban J connectivity index is 2.60. The maximum absolute atomic E-state index is 8.70. The van der Waals surface area contributed by atoms with Crippen molar-refractivity contribution in [1.82, 2.24) is 10.5 Å². The predicted molar refractivity (Wildman–Crippen MR) is 50.1 cm³/mol. The Morgan fingerprint density at radius 3 is 3.00 bits per heavy atom. The van der Waals surface area contributed by atoms with Crippen molar-refractivity contribution in [2.75, 3.05) is 0 Å². The fraction of sp³-hybridized carbons (Fsp3) is 0.111. The van der Waals surface area contributed by atoms with Gasteiger partial charge in [-0.05, 0) is 17.7 Å². The van der Waals surface area contributed by atoms with Crippen LogP contribution in [0.2, 0.25) is 0 Å². The first-order valence-electron chi connectivity index (χ1n) is 4.04. The zero-order valence-electron chi connectivity index (χ0n) is 6.99. The van der Waals surface area contributed by atoms with Crippen molar-refractivity contribution in [3.63, 3.8) is 0 Å². The van der Waals surface area contributed by atoms with Gasteiger partial charge in [0.2, 0.25) is 0 Å².